The summed E-state index contributed by atoms with van der Waals surface area (Å²) in [4.78, 5) is 14.0. The quantitative estimate of drug-likeness (QED) is 0.898. The van der Waals surface area contributed by atoms with Gasteiger partial charge in [-0.05, 0) is 38.9 Å². The van der Waals surface area contributed by atoms with E-state index in [2.05, 4.69) is 5.32 Å². The van der Waals surface area contributed by atoms with E-state index in [-0.39, 0.29) is 18.3 Å². The zero-order valence-electron chi connectivity index (χ0n) is 10.2. The lowest BCUT2D eigenvalue weighted by Gasteiger charge is -2.15. The minimum atomic E-state index is 0. The molecule has 1 aliphatic heterocycles. The van der Waals surface area contributed by atoms with Gasteiger partial charge in [-0.15, -0.1) is 12.4 Å². The Balaban J connectivity index is 0.00000144. The average molecular weight is 259 g/mol. The molecule has 1 atom stereocenters. The van der Waals surface area contributed by atoms with Crippen molar-refractivity contribution in [2.24, 2.45) is 5.92 Å². The molecule has 0 aliphatic carbocycles. The van der Waals surface area contributed by atoms with Crippen molar-refractivity contribution in [3.63, 3.8) is 0 Å². The van der Waals surface area contributed by atoms with Gasteiger partial charge in [0.05, 0.1) is 6.26 Å². The van der Waals surface area contributed by atoms with Crippen LogP contribution in [0.4, 0.5) is 0 Å². The Morgan fingerprint density at radius 2 is 2.41 bits per heavy atom. The second-order valence-corrected chi connectivity index (χ2v) is 4.40. The predicted octanol–water partition coefficient (Wildman–Crippen LogP) is 1.69. The third kappa shape index (κ3) is 3.01. The predicted molar refractivity (Wildman–Crippen MR) is 68.6 cm³/mol. The van der Waals surface area contributed by atoms with Crippen molar-refractivity contribution in [3.8, 4) is 0 Å². The minimum Gasteiger partial charge on any atom is -0.459 e. The summed E-state index contributed by atoms with van der Waals surface area (Å²) in [6.07, 6.45) is 2.65. The molecule has 5 heteroatoms. The average Bonchev–Trinajstić information content (AvgIpc) is 2.87. The molecule has 17 heavy (non-hydrogen) atoms. The summed E-state index contributed by atoms with van der Waals surface area (Å²) in [7, 11) is 1.95. The Morgan fingerprint density at radius 3 is 3.00 bits per heavy atom. The summed E-state index contributed by atoms with van der Waals surface area (Å²) in [5.74, 6) is 1.09. The molecule has 0 bridgehead atoms. The molecule has 0 aromatic carbocycles. The summed E-state index contributed by atoms with van der Waals surface area (Å²) >= 11 is 0. The van der Waals surface area contributed by atoms with Crippen molar-refractivity contribution in [1.29, 1.82) is 0 Å². The van der Waals surface area contributed by atoms with Crippen LogP contribution in [-0.2, 0) is 0 Å². The molecule has 4 nitrogen and oxygen atoms in total. The number of halogens is 1. The number of carbonyl (C=O) groups excluding carboxylic acids is 1. The van der Waals surface area contributed by atoms with E-state index < -0.39 is 0 Å². The maximum atomic E-state index is 12.1. The number of likely N-dealkylation sites (tertiary alicyclic amines) is 1. The van der Waals surface area contributed by atoms with Gasteiger partial charge in [-0.1, -0.05) is 0 Å². The SMILES string of the molecule is CNCC1CCN(C(=O)c2occc2C)C1.Cl. The highest BCUT2D eigenvalue weighted by molar-refractivity contribution is 5.93. The fourth-order valence-electron chi connectivity index (χ4n) is 2.21. The Bertz CT molecular complexity index is 378. The number of hydrogen-bond acceptors (Lipinski definition) is 3. The number of hydrogen-bond donors (Lipinski definition) is 1. The molecule has 1 amide bonds. The van der Waals surface area contributed by atoms with Gasteiger partial charge in [0.25, 0.3) is 5.91 Å². The highest BCUT2D eigenvalue weighted by Gasteiger charge is 2.28. The van der Waals surface area contributed by atoms with Gasteiger partial charge in [-0.25, -0.2) is 0 Å². The van der Waals surface area contributed by atoms with Crippen LogP contribution < -0.4 is 5.32 Å². The smallest absolute Gasteiger partial charge is 0.289 e. The van der Waals surface area contributed by atoms with Crippen LogP contribution in [0, 0.1) is 12.8 Å². The van der Waals surface area contributed by atoms with Crippen LogP contribution in [0.15, 0.2) is 16.7 Å². The van der Waals surface area contributed by atoms with Gasteiger partial charge in [0, 0.05) is 18.7 Å². The molecule has 96 valence electrons. The fraction of sp³-hybridized carbons (Fsp3) is 0.583. The van der Waals surface area contributed by atoms with E-state index >= 15 is 0 Å². The molecule has 2 heterocycles. The highest BCUT2D eigenvalue weighted by Crippen LogP contribution is 2.20. The zero-order chi connectivity index (χ0) is 11.5. The lowest BCUT2D eigenvalue weighted by molar-refractivity contribution is 0.0754. The molecule has 0 spiro atoms. The molecule has 0 saturated carbocycles. The Kier molecular flexibility index (Phi) is 5.02. The maximum absolute atomic E-state index is 12.1. The molecular weight excluding hydrogens is 240 g/mol. The van der Waals surface area contributed by atoms with Gasteiger partial charge in [0.2, 0.25) is 0 Å². The topological polar surface area (TPSA) is 45.5 Å². The van der Waals surface area contributed by atoms with Crippen LogP contribution in [0.3, 0.4) is 0 Å². The summed E-state index contributed by atoms with van der Waals surface area (Å²) in [6, 6.07) is 1.83. The molecule has 1 saturated heterocycles. The standard InChI is InChI=1S/C12H18N2O2.ClH/c1-9-4-6-16-11(9)12(15)14-5-3-10(8-14)7-13-2;/h4,6,10,13H,3,5,7-8H2,1-2H3;1H. The van der Waals surface area contributed by atoms with Crippen molar-refractivity contribution >= 4 is 18.3 Å². The molecule has 1 aromatic rings. The van der Waals surface area contributed by atoms with Gasteiger partial charge in [-0.3, -0.25) is 4.79 Å². The van der Waals surface area contributed by atoms with Crippen LogP contribution in [-0.4, -0.2) is 37.5 Å². The van der Waals surface area contributed by atoms with Gasteiger partial charge in [-0.2, -0.15) is 0 Å². The number of nitrogens with one attached hydrogen (secondary N) is 1. The summed E-state index contributed by atoms with van der Waals surface area (Å²) < 4.78 is 5.23. The van der Waals surface area contributed by atoms with Crippen LogP contribution in [0.5, 0.6) is 0 Å². The molecule has 2 rings (SSSR count). The monoisotopic (exact) mass is 258 g/mol. The van der Waals surface area contributed by atoms with E-state index in [9.17, 15) is 4.79 Å². The number of amides is 1. The van der Waals surface area contributed by atoms with Gasteiger partial charge in [0.15, 0.2) is 5.76 Å². The molecule has 1 aromatic heterocycles. The second kappa shape index (κ2) is 6.07. The van der Waals surface area contributed by atoms with E-state index in [0.717, 1.165) is 31.6 Å². The maximum Gasteiger partial charge on any atom is 0.289 e. The van der Waals surface area contributed by atoms with Crippen molar-refractivity contribution in [3.05, 3.63) is 23.7 Å². The Labute approximate surface area is 108 Å². The molecule has 1 fully saturated rings. The largest absolute Gasteiger partial charge is 0.459 e. The summed E-state index contributed by atoms with van der Waals surface area (Å²) in [5.41, 5.74) is 0.919. The van der Waals surface area contributed by atoms with Gasteiger partial charge in [0.1, 0.15) is 0 Å². The first-order valence-electron chi connectivity index (χ1n) is 5.70. The van der Waals surface area contributed by atoms with Gasteiger partial charge < -0.3 is 14.6 Å². The van der Waals surface area contributed by atoms with Crippen LogP contribution in [0.1, 0.15) is 22.5 Å². The summed E-state index contributed by atoms with van der Waals surface area (Å²) in [6.45, 7) is 4.55. The number of nitrogens with zero attached hydrogens (tertiary/aromatic N) is 1. The number of carbonyl (C=O) groups is 1. The lowest BCUT2D eigenvalue weighted by Crippen LogP contribution is -2.30. The van der Waals surface area contributed by atoms with E-state index in [4.69, 9.17) is 4.42 Å². The van der Waals surface area contributed by atoms with Crippen molar-refractivity contribution < 1.29 is 9.21 Å². The van der Waals surface area contributed by atoms with Crippen LogP contribution in [0.25, 0.3) is 0 Å². The van der Waals surface area contributed by atoms with Crippen molar-refractivity contribution in [2.75, 3.05) is 26.7 Å². The Hall–Kier alpha value is -1.00. The second-order valence-electron chi connectivity index (χ2n) is 4.40. The first kappa shape index (κ1) is 14.1. The number of rotatable bonds is 3. The number of furan rings is 1. The molecule has 0 radical (unpaired) electrons. The summed E-state index contributed by atoms with van der Waals surface area (Å²) in [5, 5.41) is 3.15. The molecule has 1 aliphatic rings. The first-order valence-corrected chi connectivity index (χ1v) is 5.70. The van der Waals surface area contributed by atoms with E-state index in [0.29, 0.717) is 11.7 Å². The molecular formula is C12H19ClN2O2. The van der Waals surface area contributed by atoms with Crippen molar-refractivity contribution in [1.82, 2.24) is 10.2 Å². The van der Waals surface area contributed by atoms with Crippen LogP contribution in [0.2, 0.25) is 0 Å². The van der Waals surface area contributed by atoms with Gasteiger partial charge >= 0.3 is 0 Å². The van der Waals surface area contributed by atoms with Crippen LogP contribution >= 0.6 is 12.4 Å². The third-order valence-electron chi connectivity index (χ3n) is 3.12. The van der Waals surface area contributed by atoms with Crippen molar-refractivity contribution in [2.45, 2.75) is 13.3 Å². The molecule has 1 unspecified atom stereocenters. The normalized spacial score (nSPS) is 19.2. The minimum absolute atomic E-state index is 0. The first-order chi connectivity index (χ1) is 7.72. The fourth-order valence-corrected chi connectivity index (χ4v) is 2.21. The molecule has 1 N–H and O–H groups in total. The van der Waals surface area contributed by atoms with E-state index in [1.54, 1.807) is 6.26 Å². The Morgan fingerprint density at radius 1 is 1.65 bits per heavy atom. The van der Waals surface area contributed by atoms with E-state index in [1.165, 1.54) is 0 Å². The highest BCUT2D eigenvalue weighted by atomic mass is 35.5. The zero-order valence-corrected chi connectivity index (χ0v) is 11.0. The lowest BCUT2D eigenvalue weighted by atomic mass is 10.1. The third-order valence-corrected chi connectivity index (χ3v) is 3.12. The number of aryl methyl sites for hydroxylation is 1. The van der Waals surface area contributed by atoms with E-state index in [1.807, 2.05) is 24.9 Å².